The summed E-state index contributed by atoms with van der Waals surface area (Å²) >= 11 is 0. The number of hydrogen-bond acceptors (Lipinski definition) is 4. The first-order valence-corrected chi connectivity index (χ1v) is 13.7. The largest absolute Gasteiger partial charge is 0.361 e. The monoisotopic (exact) mass is 540 g/mol. The maximum atomic E-state index is 13.6. The summed E-state index contributed by atoms with van der Waals surface area (Å²) in [5, 5.41) is 6.80. The number of para-hydroxylation sites is 1. The van der Waals surface area contributed by atoms with Crippen LogP contribution in [0.2, 0.25) is 0 Å². The average Bonchev–Trinajstić information content (AvgIpc) is 3.71. The highest BCUT2D eigenvalue weighted by Gasteiger charge is 2.31. The van der Waals surface area contributed by atoms with Crippen LogP contribution >= 0.6 is 0 Å². The summed E-state index contributed by atoms with van der Waals surface area (Å²) in [7, 11) is 0. The smallest absolute Gasteiger partial charge is 0.250 e. The second kappa shape index (κ2) is 11.4. The third-order valence-corrected chi connectivity index (χ3v) is 7.32. The zero-order valence-electron chi connectivity index (χ0n) is 23.2. The number of carbonyl (C=O) groups excluding carboxylic acids is 3. The molecular formula is C31H36N6O3. The number of rotatable bonds is 8. The minimum atomic E-state index is -0.827. The van der Waals surface area contributed by atoms with Crippen LogP contribution in [0.15, 0.2) is 73.3 Å². The molecule has 0 radical (unpaired) electrons. The number of imidazole rings is 1. The first-order chi connectivity index (χ1) is 19.2. The number of nitrogens with one attached hydrogen (secondary N) is 3. The van der Waals surface area contributed by atoms with E-state index in [-0.39, 0.29) is 17.7 Å². The van der Waals surface area contributed by atoms with Crippen molar-refractivity contribution in [3.8, 4) is 0 Å². The molecule has 3 amide bonds. The number of benzene rings is 2. The molecule has 2 unspecified atom stereocenters. The highest BCUT2D eigenvalue weighted by molar-refractivity contribution is 5.98. The van der Waals surface area contributed by atoms with Crippen molar-refractivity contribution in [1.82, 2.24) is 24.8 Å². The Balaban J connectivity index is 1.39. The third-order valence-electron chi connectivity index (χ3n) is 7.32. The highest BCUT2D eigenvalue weighted by atomic mass is 16.2. The maximum absolute atomic E-state index is 13.6. The van der Waals surface area contributed by atoms with E-state index in [1.165, 1.54) is 0 Å². The molecule has 208 valence electrons. The Morgan fingerprint density at radius 2 is 1.70 bits per heavy atom. The molecule has 1 saturated heterocycles. The van der Waals surface area contributed by atoms with Gasteiger partial charge in [0.05, 0.1) is 6.33 Å². The number of anilines is 1. The zero-order chi connectivity index (χ0) is 28.3. The van der Waals surface area contributed by atoms with Crippen LogP contribution in [0.3, 0.4) is 0 Å². The lowest BCUT2D eigenvalue weighted by Gasteiger charge is -2.24. The fourth-order valence-electron chi connectivity index (χ4n) is 5.05. The number of likely N-dealkylation sites (tertiary alicyclic amines) is 1. The molecule has 2 atom stereocenters. The molecule has 2 aromatic heterocycles. The number of carbonyl (C=O) groups is 3. The molecule has 0 spiro atoms. The number of aromatic nitrogens is 3. The fourth-order valence-corrected chi connectivity index (χ4v) is 5.05. The van der Waals surface area contributed by atoms with Gasteiger partial charge in [-0.05, 0) is 30.0 Å². The lowest BCUT2D eigenvalue weighted by molar-refractivity contribution is -0.132. The Hall–Kier alpha value is -4.40. The number of hydrogen-bond donors (Lipinski definition) is 3. The van der Waals surface area contributed by atoms with E-state index in [1.807, 2.05) is 86.5 Å². The Bertz CT molecular complexity index is 1490. The van der Waals surface area contributed by atoms with Crippen LogP contribution in [-0.2, 0) is 20.8 Å². The predicted molar refractivity (Wildman–Crippen MR) is 155 cm³/mol. The van der Waals surface area contributed by atoms with Crippen LogP contribution in [0, 0.1) is 5.41 Å². The maximum Gasteiger partial charge on any atom is 0.250 e. The number of amides is 3. The van der Waals surface area contributed by atoms with Crippen molar-refractivity contribution < 1.29 is 14.4 Å². The number of nitrogens with zero attached hydrogens (tertiary/aromatic N) is 3. The van der Waals surface area contributed by atoms with Gasteiger partial charge in [-0.15, -0.1) is 0 Å². The molecule has 4 aromatic rings. The standard InChI is InChI=1S/C31H36N6O3/c1-31(2,3)30(40)34-25(17-22-18-32-24-14-8-7-13-23(22)24)28(38)35-26-19-37(20-33-26)27(21-11-5-4-6-12-21)29(39)36-15-9-10-16-36/h4-8,11-14,18-20,25,27,32H,9-10,15-17H2,1-3H3,(H,34,40)(H,35,38). The summed E-state index contributed by atoms with van der Waals surface area (Å²) < 4.78 is 1.74. The molecule has 1 aliphatic heterocycles. The topological polar surface area (TPSA) is 112 Å². The second-order valence-electron chi connectivity index (χ2n) is 11.4. The second-order valence-corrected chi connectivity index (χ2v) is 11.4. The summed E-state index contributed by atoms with van der Waals surface area (Å²) in [6, 6.07) is 16.0. The summed E-state index contributed by atoms with van der Waals surface area (Å²) in [5.41, 5.74) is 2.08. The summed E-state index contributed by atoms with van der Waals surface area (Å²) in [4.78, 5) is 49.5. The summed E-state index contributed by atoms with van der Waals surface area (Å²) in [5.74, 6) is -0.281. The third kappa shape index (κ3) is 5.93. The van der Waals surface area contributed by atoms with Crippen molar-refractivity contribution in [2.75, 3.05) is 18.4 Å². The van der Waals surface area contributed by atoms with Gasteiger partial charge in [0.2, 0.25) is 17.7 Å². The van der Waals surface area contributed by atoms with Gasteiger partial charge in [0.15, 0.2) is 5.82 Å². The minimum Gasteiger partial charge on any atom is -0.361 e. The highest BCUT2D eigenvalue weighted by Crippen LogP contribution is 2.25. The molecule has 1 aliphatic rings. The van der Waals surface area contributed by atoms with Crippen LogP contribution in [0.25, 0.3) is 10.9 Å². The van der Waals surface area contributed by atoms with Crippen molar-refractivity contribution in [1.29, 1.82) is 0 Å². The number of aromatic amines is 1. The van der Waals surface area contributed by atoms with Crippen molar-refractivity contribution in [2.45, 2.75) is 52.1 Å². The van der Waals surface area contributed by atoms with Crippen LogP contribution < -0.4 is 10.6 Å². The first kappa shape index (κ1) is 27.2. The summed E-state index contributed by atoms with van der Waals surface area (Å²) in [6.45, 7) is 6.91. The van der Waals surface area contributed by atoms with Crippen molar-refractivity contribution in [3.05, 3.63) is 84.4 Å². The van der Waals surface area contributed by atoms with E-state index in [0.717, 1.165) is 48.0 Å². The van der Waals surface area contributed by atoms with E-state index in [1.54, 1.807) is 17.1 Å². The van der Waals surface area contributed by atoms with Crippen molar-refractivity contribution in [2.24, 2.45) is 5.41 Å². The van der Waals surface area contributed by atoms with Gasteiger partial charge in [0, 0.05) is 48.2 Å². The summed E-state index contributed by atoms with van der Waals surface area (Å²) in [6.07, 6.45) is 7.42. The molecule has 3 heterocycles. The van der Waals surface area contributed by atoms with E-state index in [0.29, 0.717) is 12.2 Å². The van der Waals surface area contributed by atoms with Gasteiger partial charge < -0.3 is 25.1 Å². The Labute approximate surface area is 234 Å². The molecule has 2 aromatic carbocycles. The molecule has 5 rings (SSSR count). The normalized spacial score (nSPS) is 15.1. The average molecular weight is 541 g/mol. The van der Waals surface area contributed by atoms with Gasteiger partial charge in [-0.3, -0.25) is 14.4 Å². The van der Waals surface area contributed by atoms with Gasteiger partial charge >= 0.3 is 0 Å². The van der Waals surface area contributed by atoms with Crippen LogP contribution in [0.1, 0.15) is 50.8 Å². The van der Waals surface area contributed by atoms with E-state index in [9.17, 15) is 14.4 Å². The Kier molecular flexibility index (Phi) is 7.73. The van der Waals surface area contributed by atoms with E-state index >= 15 is 0 Å². The fraction of sp³-hybridized carbons (Fsp3) is 0.355. The lowest BCUT2D eigenvalue weighted by atomic mass is 9.94. The SMILES string of the molecule is CC(C)(C)C(=O)NC(Cc1c[nH]c2ccccc12)C(=O)Nc1cn(C(C(=O)N2CCCC2)c2ccccc2)cn1. The van der Waals surface area contributed by atoms with E-state index in [4.69, 9.17) is 0 Å². The van der Waals surface area contributed by atoms with Crippen molar-refractivity contribution in [3.63, 3.8) is 0 Å². The predicted octanol–water partition coefficient (Wildman–Crippen LogP) is 4.29. The molecule has 3 N–H and O–H groups in total. The van der Waals surface area contributed by atoms with Gasteiger partial charge in [-0.1, -0.05) is 69.3 Å². The van der Waals surface area contributed by atoms with Gasteiger partial charge in [-0.2, -0.15) is 0 Å². The molecule has 9 heteroatoms. The van der Waals surface area contributed by atoms with E-state index < -0.39 is 17.5 Å². The zero-order valence-corrected chi connectivity index (χ0v) is 23.2. The van der Waals surface area contributed by atoms with E-state index in [2.05, 4.69) is 20.6 Å². The molecule has 0 bridgehead atoms. The molecule has 9 nitrogen and oxygen atoms in total. The van der Waals surface area contributed by atoms with Gasteiger partial charge in [0.25, 0.3) is 0 Å². The minimum absolute atomic E-state index is 0.00799. The van der Waals surface area contributed by atoms with Gasteiger partial charge in [-0.25, -0.2) is 4.98 Å². The number of fused-ring (bicyclic) bond motifs is 1. The van der Waals surface area contributed by atoms with Gasteiger partial charge in [0.1, 0.15) is 12.1 Å². The quantitative estimate of drug-likeness (QED) is 0.310. The molecular weight excluding hydrogens is 504 g/mol. The molecule has 0 aliphatic carbocycles. The van der Waals surface area contributed by atoms with Crippen LogP contribution in [0.5, 0.6) is 0 Å². The number of H-pyrrole nitrogens is 1. The van der Waals surface area contributed by atoms with Crippen molar-refractivity contribution >= 4 is 34.4 Å². The Morgan fingerprint density at radius 3 is 2.42 bits per heavy atom. The van der Waals surface area contributed by atoms with Crippen LogP contribution in [0.4, 0.5) is 5.82 Å². The molecule has 40 heavy (non-hydrogen) atoms. The Morgan fingerprint density at radius 1 is 1.00 bits per heavy atom. The van der Waals surface area contributed by atoms with Crippen LogP contribution in [-0.4, -0.2) is 56.3 Å². The lowest BCUT2D eigenvalue weighted by Crippen LogP contribution is -2.49. The first-order valence-electron chi connectivity index (χ1n) is 13.7. The molecule has 0 saturated carbocycles. The molecule has 1 fully saturated rings.